The van der Waals surface area contributed by atoms with Gasteiger partial charge < -0.3 is 11.1 Å². The number of pyridine rings is 1. The molecule has 1 fully saturated rings. The maximum absolute atomic E-state index is 5.94. The second kappa shape index (κ2) is 5.90. The van der Waals surface area contributed by atoms with Crippen molar-refractivity contribution in [2.75, 3.05) is 0 Å². The van der Waals surface area contributed by atoms with Crippen LogP contribution >= 0.6 is 0 Å². The number of hydrogen-bond acceptors (Lipinski definition) is 3. The number of hydrogen-bond donors (Lipinski definition) is 2. The van der Waals surface area contributed by atoms with Crippen molar-refractivity contribution in [1.29, 1.82) is 0 Å². The van der Waals surface area contributed by atoms with Gasteiger partial charge in [-0.15, -0.1) is 0 Å². The molecule has 1 saturated carbocycles. The van der Waals surface area contributed by atoms with Gasteiger partial charge in [-0.05, 0) is 56.4 Å². The van der Waals surface area contributed by atoms with E-state index in [-0.39, 0.29) is 0 Å². The third kappa shape index (κ3) is 3.17. The number of nitrogens with one attached hydrogen (secondary N) is 1. The predicted molar refractivity (Wildman–Crippen MR) is 83.6 cm³/mol. The molecule has 3 nitrogen and oxygen atoms in total. The molecule has 0 amide bonds. The first-order chi connectivity index (χ1) is 9.70. The van der Waals surface area contributed by atoms with E-state index in [4.69, 9.17) is 5.73 Å². The van der Waals surface area contributed by atoms with E-state index in [0.717, 1.165) is 30.6 Å². The molecule has 0 aliphatic heterocycles. The molecule has 106 valence electrons. The van der Waals surface area contributed by atoms with Crippen molar-refractivity contribution in [3.05, 3.63) is 41.6 Å². The maximum atomic E-state index is 5.94. The summed E-state index contributed by atoms with van der Waals surface area (Å²) in [6.45, 7) is 2.96. The lowest BCUT2D eigenvalue weighted by Gasteiger charge is -2.27. The zero-order chi connectivity index (χ0) is 13.9. The predicted octanol–water partition coefficient (Wildman–Crippen LogP) is 2.90. The Hall–Kier alpha value is -1.45. The van der Waals surface area contributed by atoms with Crippen LogP contribution < -0.4 is 11.1 Å². The molecule has 0 atom stereocenters. The molecule has 1 aromatic carbocycles. The summed E-state index contributed by atoms with van der Waals surface area (Å²) < 4.78 is 0. The topological polar surface area (TPSA) is 50.9 Å². The average Bonchev–Trinajstić information content (AvgIpc) is 2.46. The first-order valence-corrected chi connectivity index (χ1v) is 7.56. The summed E-state index contributed by atoms with van der Waals surface area (Å²) in [6, 6.07) is 11.8. The standard InChI is InChI=1S/C17H23N3/c1-12-2-4-14-10-13(3-9-17(14)20-12)11-19-16-7-5-15(18)6-8-16/h2-4,9-10,15-16,19H,5-8,11,18H2,1H3. The molecular formula is C17H23N3. The zero-order valence-electron chi connectivity index (χ0n) is 12.1. The Balaban J connectivity index is 1.64. The lowest BCUT2D eigenvalue weighted by Crippen LogP contribution is -2.37. The minimum absolute atomic E-state index is 0.419. The molecule has 0 saturated heterocycles. The molecule has 20 heavy (non-hydrogen) atoms. The molecule has 1 aliphatic rings. The van der Waals surface area contributed by atoms with Crippen LogP contribution in [0.4, 0.5) is 0 Å². The molecule has 0 unspecified atom stereocenters. The fraction of sp³-hybridized carbons (Fsp3) is 0.471. The van der Waals surface area contributed by atoms with E-state index in [1.165, 1.54) is 23.8 Å². The summed E-state index contributed by atoms with van der Waals surface area (Å²) in [6.07, 6.45) is 4.71. The molecule has 1 aliphatic carbocycles. The van der Waals surface area contributed by atoms with Crippen molar-refractivity contribution < 1.29 is 0 Å². The van der Waals surface area contributed by atoms with Crippen LogP contribution in [0.5, 0.6) is 0 Å². The van der Waals surface area contributed by atoms with E-state index in [9.17, 15) is 0 Å². The van der Waals surface area contributed by atoms with E-state index in [1.807, 2.05) is 6.92 Å². The van der Waals surface area contributed by atoms with Crippen molar-refractivity contribution >= 4 is 10.9 Å². The van der Waals surface area contributed by atoms with Crippen molar-refractivity contribution in [2.45, 2.75) is 51.2 Å². The first kappa shape index (κ1) is 13.5. The van der Waals surface area contributed by atoms with Crippen LogP contribution in [0.3, 0.4) is 0 Å². The highest BCUT2D eigenvalue weighted by Gasteiger charge is 2.17. The summed E-state index contributed by atoms with van der Waals surface area (Å²) >= 11 is 0. The molecule has 2 aromatic rings. The third-order valence-corrected chi connectivity index (χ3v) is 4.26. The van der Waals surface area contributed by atoms with Gasteiger partial charge in [-0.25, -0.2) is 0 Å². The van der Waals surface area contributed by atoms with Crippen molar-refractivity contribution in [3.63, 3.8) is 0 Å². The minimum atomic E-state index is 0.419. The Morgan fingerprint density at radius 2 is 1.95 bits per heavy atom. The Labute approximate surface area is 120 Å². The lowest BCUT2D eigenvalue weighted by molar-refractivity contribution is 0.342. The van der Waals surface area contributed by atoms with Crippen LogP contribution in [-0.4, -0.2) is 17.1 Å². The quantitative estimate of drug-likeness (QED) is 0.901. The minimum Gasteiger partial charge on any atom is -0.328 e. The Kier molecular flexibility index (Phi) is 3.99. The Morgan fingerprint density at radius 3 is 2.75 bits per heavy atom. The molecule has 3 N–H and O–H groups in total. The normalized spacial score (nSPS) is 23.1. The summed E-state index contributed by atoms with van der Waals surface area (Å²) in [4.78, 5) is 4.54. The second-order valence-corrected chi connectivity index (χ2v) is 5.97. The van der Waals surface area contributed by atoms with Crippen LogP contribution in [-0.2, 0) is 6.54 Å². The molecular weight excluding hydrogens is 246 g/mol. The smallest absolute Gasteiger partial charge is 0.0705 e. The molecule has 1 aromatic heterocycles. The highest BCUT2D eigenvalue weighted by molar-refractivity contribution is 5.79. The Bertz CT molecular complexity index is 586. The maximum Gasteiger partial charge on any atom is 0.0705 e. The van der Waals surface area contributed by atoms with Gasteiger partial charge in [0.1, 0.15) is 0 Å². The Morgan fingerprint density at radius 1 is 1.15 bits per heavy atom. The molecule has 1 heterocycles. The van der Waals surface area contributed by atoms with E-state index in [0.29, 0.717) is 12.1 Å². The van der Waals surface area contributed by atoms with Crippen molar-refractivity contribution in [3.8, 4) is 0 Å². The van der Waals surface area contributed by atoms with E-state index < -0.39 is 0 Å². The number of fused-ring (bicyclic) bond motifs is 1. The van der Waals surface area contributed by atoms with Gasteiger partial charge in [0.25, 0.3) is 0 Å². The van der Waals surface area contributed by atoms with Crippen molar-refractivity contribution in [2.24, 2.45) is 5.73 Å². The zero-order valence-corrected chi connectivity index (χ0v) is 12.1. The molecule has 0 bridgehead atoms. The second-order valence-electron chi connectivity index (χ2n) is 5.97. The number of rotatable bonds is 3. The van der Waals surface area contributed by atoms with E-state index >= 15 is 0 Å². The largest absolute Gasteiger partial charge is 0.328 e. The van der Waals surface area contributed by atoms with Crippen LogP contribution in [0.1, 0.15) is 36.9 Å². The number of nitrogens with two attached hydrogens (primary N) is 1. The molecule has 0 radical (unpaired) electrons. The first-order valence-electron chi connectivity index (χ1n) is 7.56. The molecule has 0 spiro atoms. The van der Waals surface area contributed by atoms with E-state index in [1.54, 1.807) is 0 Å². The summed E-state index contributed by atoms with van der Waals surface area (Å²) in [5, 5.41) is 4.88. The number of aryl methyl sites for hydroxylation is 1. The monoisotopic (exact) mass is 269 g/mol. The summed E-state index contributed by atoms with van der Waals surface area (Å²) in [5.74, 6) is 0. The van der Waals surface area contributed by atoms with Gasteiger partial charge in [-0.3, -0.25) is 4.98 Å². The summed E-state index contributed by atoms with van der Waals surface area (Å²) in [7, 11) is 0. The van der Waals surface area contributed by atoms with Crippen LogP contribution in [0, 0.1) is 6.92 Å². The SMILES string of the molecule is Cc1ccc2cc(CNC3CCC(N)CC3)ccc2n1. The van der Waals surface area contributed by atoms with Crippen LogP contribution in [0.25, 0.3) is 10.9 Å². The number of benzene rings is 1. The van der Waals surface area contributed by atoms with Gasteiger partial charge in [0.2, 0.25) is 0 Å². The van der Waals surface area contributed by atoms with Gasteiger partial charge in [-0.1, -0.05) is 12.1 Å². The average molecular weight is 269 g/mol. The van der Waals surface area contributed by atoms with Gasteiger partial charge in [-0.2, -0.15) is 0 Å². The third-order valence-electron chi connectivity index (χ3n) is 4.26. The number of aromatic nitrogens is 1. The van der Waals surface area contributed by atoms with Crippen LogP contribution in [0.2, 0.25) is 0 Å². The van der Waals surface area contributed by atoms with Gasteiger partial charge in [0, 0.05) is 29.7 Å². The summed E-state index contributed by atoms with van der Waals surface area (Å²) in [5.41, 5.74) is 9.43. The fourth-order valence-electron chi connectivity index (χ4n) is 2.97. The fourth-order valence-corrected chi connectivity index (χ4v) is 2.97. The van der Waals surface area contributed by atoms with Crippen molar-refractivity contribution in [1.82, 2.24) is 10.3 Å². The molecule has 3 rings (SSSR count). The van der Waals surface area contributed by atoms with Crippen LogP contribution in [0.15, 0.2) is 30.3 Å². The molecule has 3 heteroatoms. The number of nitrogens with zero attached hydrogens (tertiary/aromatic N) is 1. The van der Waals surface area contributed by atoms with Gasteiger partial charge >= 0.3 is 0 Å². The van der Waals surface area contributed by atoms with Gasteiger partial charge in [0.15, 0.2) is 0 Å². The van der Waals surface area contributed by atoms with E-state index in [2.05, 4.69) is 40.6 Å². The highest BCUT2D eigenvalue weighted by atomic mass is 14.9. The van der Waals surface area contributed by atoms with Gasteiger partial charge in [0.05, 0.1) is 5.52 Å². The lowest BCUT2D eigenvalue weighted by atomic mass is 9.92. The highest BCUT2D eigenvalue weighted by Crippen LogP contribution is 2.18.